The van der Waals surface area contributed by atoms with Crippen molar-refractivity contribution in [2.45, 2.75) is 24.0 Å². The number of carboxylic acids is 1. The standard InChI is InChI=1S/C16H17NO4S3/c1-11-4-5-12(22-11)10-13(16(18)19)14-6-7-15(23-14)24(20,21)17-8-2-3-9-17/h4-7,10H,2-3,8-9H2,1H3,(H,18,19)/b13-10+. The van der Waals surface area contributed by atoms with Gasteiger partial charge in [0.15, 0.2) is 0 Å². The zero-order valence-electron chi connectivity index (χ0n) is 13.1. The fourth-order valence-corrected chi connectivity index (χ4v) is 6.38. The zero-order chi connectivity index (χ0) is 17.3. The molecule has 5 nitrogen and oxygen atoms in total. The summed E-state index contributed by atoms with van der Waals surface area (Å²) in [6.45, 7) is 3.02. The van der Waals surface area contributed by atoms with Gasteiger partial charge in [0.25, 0.3) is 10.0 Å². The molecular formula is C16H17NO4S3. The molecule has 3 heterocycles. The second-order valence-corrected chi connectivity index (χ2v) is 10.1. The molecule has 0 aromatic carbocycles. The van der Waals surface area contributed by atoms with Gasteiger partial charge in [-0.15, -0.1) is 22.7 Å². The Bertz CT molecular complexity index is 886. The van der Waals surface area contributed by atoms with Crippen LogP contribution in [0, 0.1) is 6.92 Å². The summed E-state index contributed by atoms with van der Waals surface area (Å²) < 4.78 is 26.8. The molecule has 0 bridgehead atoms. The molecule has 1 saturated heterocycles. The fraction of sp³-hybridized carbons (Fsp3) is 0.312. The van der Waals surface area contributed by atoms with E-state index in [1.165, 1.54) is 21.7 Å². The first-order valence-electron chi connectivity index (χ1n) is 7.50. The largest absolute Gasteiger partial charge is 0.478 e. The van der Waals surface area contributed by atoms with Crippen molar-refractivity contribution in [2.75, 3.05) is 13.1 Å². The van der Waals surface area contributed by atoms with Crippen LogP contribution in [-0.4, -0.2) is 36.9 Å². The predicted octanol–water partition coefficient (Wildman–Crippen LogP) is 3.53. The normalized spacial score (nSPS) is 16.6. The molecule has 0 radical (unpaired) electrons. The van der Waals surface area contributed by atoms with Gasteiger partial charge in [-0.05, 0) is 50.1 Å². The number of aryl methyl sites for hydroxylation is 1. The highest BCUT2D eigenvalue weighted by molar-refractivity contribution is 7.91. The summed E-state index contributed by atoms with van der Waals surface area (Å²) in [6, 6.07) is 6.87. The van der Waals surface area contributed by atoms with E-state index in [1.54, 1.807) is 12.1 Å². The Morgan fingerprint density at radius 2 is 1.88 bits per heavy atom. The summed E-state index contributed by atoms with van der Waals surface area (Å²) in [5.74, 6) is -1.06. The maximum atomic E-state index is 12.6. The molecule has 0 spiro atoms. The first-order valence-corrected chi connectivity index (χ1v) is 10.6. The number of nitrogens with zero attached hydrogens (tertiary/aromatic N) is 1. The molecule has 8 heteroatoms. The Labute approximate surface area is 148 Å². The fourth-order valence-electron chi connectivity index (χ4n) is 2.57. The third-order valence-electron chi connectivity index (χ3n) is 3.78. The molecule has 2 aromatic heterocycles. The van der Waals surface area contributed by atoms with E-state index in [1.807, 2.05) is 19.1 Å². The topological polar surface area (TPSA) is 74.7 Å². The monoisotopic (exact) mass is 383 g/mol. The molecule has 1 fully saturated rings. The average Bonchev–Trinajstić information content (AvgIpc) is 3.26. The van der Waals surface area contributed by atoms with Crippen molar-refractivity contribution in [1.29, 1.82) is 0 Å². The van der Waals surface area contributed by atoms with Crippen LogP contribution in [0.15, 0.2) is 28.5 Å². The molecular weight excluding hydrogens is 366 g/mol. The Hall–Kier alpha value is -1.48. The lowest BCUT2D eigenvalue weighted by Gasteiger charge is -2.13. The number of rotatable bonds is 5. The van der Waals surface area contributed by atoms with Crippen molar-refractivity contribution in [3.05, 3.63) is 38.9 Å². The lowest BCUT2D eigenvalue weighted by molar-refractivity contribution is -0.130. The van der Waals surface area contributed by atoms with Crippen LogP contribution >= 0.6 is 22.7 Å². The maximum Gasteiger partial charge on any atom is 0.337 e. The molecule has 1 aliphatic heterocycles. The number of hydrogen-bond acceptors (Lipinski definition) is 5. The molecule has 0 aliphatic carbocycles. The van der Waals surface area contributed by atoms with Crippen LogP contribution < -0.4 is 0 Å². The third kappa shape index (κ3) is 3.46. The van der Waals surface area contributed by atoms with Gasteiger partial charge in [0.1, 0.15) is 4.21 Å². The molecule has 3 rings (SSSR count). The number of carboxylic acid groups (broad SMARTS) is 1. The van der Waals surface area contributed by atoms with Gasteiger partial charge in [-0.3, -0.25) is 0 Å². The summed E-state index contributed by atoms with van der Waals surface area (Å²) in [5.41, 5.74) is 0.115. The van der Waals surface area contributed by atoms with Crippen molar-refractivity contribution >= 4 is 50.3 Å². The number of aliphatic carboxylic acids is 1. The zero-order valence-corrected chi connectivity index (χ0v) is 15.5. The van der Waals surface area contributed by atoms with E-state index in [4.69, 9.17) is 0 Å². The molecule has 0 unspecified atom stereocenters. The first-order chi connectivity index (χ1) is 11.4. The van der Waals surface area contributed by atoms with E-state index in [2.05, 4.69) is 0 Å². The second-order valence-electron chi connectivity index (χ2n) is 5.54. The average molecular weight is 384 g/mol. The Kier molecular flexibility index (Phi) is 4.91. The van der Waals surface area contributed by atoms with E-state index in [9.17, 15) is 18.3 Å². The minimum atomic E-state index is -3.51. The molecule has 1 aliphatic rings. The summed E-state index contributed by atoms with van der Waals surface area (Å²) in [4.78, 5) is 14.0. The highest BCUT2D eigenvalue weighted by atomic mass is 32.2. The highest BCUT2D eigenvalue weighted by Gasteiger charge is 2.29. The molecule has 2 aromatic rings. The lowest BCUT2D eigenvalue weighted by Crippen LogP contribution is -2.27. The molecule has 0 amide bonds. The van der Waals surface area contributed by atoms with Crippen LogP contribution in [0.2, 0.25) is 0 Å². The molecule has 128 valence electrons. The number of sulfonamides is 1. The predicted molar refractivity (Wildman–Crippen MR) is 96.9 cm³/mol. The van der Waals surface area contributed by atoms with Crippen molar-refractivity contribution in [3.8, 4) is 0 Å². The van der Waals surface area contributed by atoms with Gasteiger partial charge in [-0.1, -0.05) is 0 Å². The van der Waals surface area contributed by atoms with Crippen molar-refractivity contribution < 1.29 is 18.3 Å². The first kappa shape index (κ1) is 17.3. The molecule has 0 saturated carbocycles. The minimum Gasteiger partial charge on any atom is -0.478 e. The third-order valence-corrected chi connectivity index (χ3v) is 8.22. The smallest absolute Gasteiger partial charge is 0.337 e. The van der Waals surface area contributed by atoms with Gasteiger partial charge in [-0.25, -0.2) is 13.2 Å². The van der Waals surface area contributed by atoms with E-state index in [-0.39, 0.29) is 9.78 Å². The Balaban J connectivity index is 1.95. The van der Waals surface area contributed by atoms with E-state index >= 15 is 0 Å². The quantitative estimate of drug-likeness (QED) is 0.802. The Morgan fingerprint density at radius 1 is 1.17 bits per heavy atom. The second kappa shape index (κ2) is 6.79. The number of hydrogen-bond donors (Lipinski definition) is 1. The lowest BCUT2D eigenvalue weighted by atomic mass is 10.2. The highest BCUT2D eigenvalue weighted by Crippen LogP contribution is 2.32. The summed E-state index contributed by atoms with van der Waals surface area (Å²) in [6.07, 6.45) is 3.34. The van der Waals surface area contributed by atoms with Crippen LogP contribution in [0.5, 0.6) is 0 Å². The van der Waals surface area contributed by atoms with Gasteiger partial charge in [0, 0.05) is 27.7 Å². The number of thiophene rings is 2. The SMILES string of the molecule is Cc1ccc(/C=C(/C(=O)O)c2ccc(S(=O)(=O)N3CCCC3)s2)s1. The molecule has 1 N–H and O–H groups in total. The van der Waals surface area contributed by atoms with Gasteiger partial charge in [0.2, 0.25) is 0 Å². The maximum absolute atomic E-state index is 12.6. The van der Waals surface area contributed by atoms with Crippen molar-refractivity contribution in [3.63, 3.8) is 0 Å². The van der Waals surface area contributed by atoms with Crippen LogP contribution in [0.1, 0.15) is 27.5 Å². The van der Waals surface area contributed by atoms with Crippen LogP contribution in [0.25, 0.3) is 11.6 Å². The van der Waals surface area contributed by atoms with E-state index in [0.29, 0.717) is 18.0 Å². The Morgan fingerprint density at radius 3 is 2.46 bits per heavy atom. The van der Waals surface area contributed by atoms with Crippen molar-refractivity contribution in [1.82, 2.24) is 4.31 Å². The summed E-state index contributed by atoms with van der Waals surface area (Å²) >= 11 is 2.51. The molecule has 24 heavy (non-hydrogen) atoms. The van der Waals surface area contributed by atoms with Gasteiger partial charge in [-0.2, -0.15) is 4.31 Å². The molecule has 0 atom stereocenters. The number of carbonyl (C=O) groups is 1. The van der Waals surface area contributed by atoms with Crippen molar-refractivity contribution in [2.24, 2.45) is 0 Å². The van der Waals surface area contributed by atoms with Crippen LogP contribution in [0.3, 0.4) is 0 Å². The van der Waals surface area contributed by atoms with Crippen LogP contribution in [-0.2, 0) is 14.8 Å². The van der Waals surface area contributed by atoms with E-state index in [0.717, 1.165) is 33.9 Å². The van der Waals surface area contributed by atoms with Crippen LogP contribution in [0.4, 0.5) is 0 Å². The van der Waals surface area contributed by atoms with Gasteiger partial charge < -0.3 is 5.11 Å². The summed E-state index contributed by atoms with van der Waals surface area (Å²) in [7, 11) is -3.51. The minimum absolute atomic E-state index is 0.115. The van der Waals surface area contributed by atoms with Gasteiger partial charge in [0.05, 0.1) is 5.57 Å². The summed E-state index contributed by atoms with van der Waals surface area (Å²) in [5, 5.41) is 9.50. The van der Waals surface area contributed by atoms with E-state index < -0.39 is 16.0 Å². The van der Waals surface area contributed by atoms with Gasteiger partial charge >= 0.3 is 5.97 Å².